The number of carbonyl (C=O) groups is 2. The second-order valence-electron chi connectivity index (χ2n) is 6.48. The van der Waals surface area contributed by atoms with E-state index in [0.717, 1.165) is 0 Å². The van der Waals surface area contributed by atoms with E-state index in [4.69, 9.17) is 0 Å². The van der Waals surface area contributed by atoms with Gasteiger partial charge < -0.3 is 5.32 Å². The number of likely N-dealkylation sites (tertiary alicyclic amines) is 1. The van der Waals surface area contributed by atoms with Crippen LogP contribution in [0, 0.1) is 5.92 Å². The summed E-state index contributed by atoms with van der Waals surface area (Å²) in [5.74, 6) is -0.285. The molecule has 132 valence electrons. The monoisotopic (exact) mass is 361 g/mol. The summed E-state index contributed by atoms with van der Waals surface area (Å²) in [5, 5.41) is 6.50. The molecule has 0 aliphatic carbocycles. The van der Waals surface area contributed by atoms with Gasteiger partial charge in [-0.15, -0.1) is 11.3 Å². The minimum atomic E-state index is -4.29. The van der Waals surface area contributed by atoms with Crippen molar-refractivity contribution in [2.75, 3.05) is 13.1 Å². The van der Waals surface area contributed by atoms with Crippen LogP contribution in [0.5, 0.6) is 0 Å². The number of alkyl halides is 3. The predicted octanol–water partition coefficient (Wildman–Crippen LogP) is 2.58. The number of imide groups is 1. The Morgan fingerprint density at radius 1 is 1.33 bits per heavy atom. The summed E-state index contributed by atoms with van der Waals surface area (Å²) in [6, 6.07) is 0.728. The van der Waals surface area contributed by atoms with Gasteiger partial charge in [0.2, 0.25) is 0 Å². The highest BCUT2D eigenvalue weighted by atomic mass is 32.1. The van der Waals surface area contributed by atoms with Crippen LogP contribution in [-0.2, 0) is 17.5 Å². The molecule has 3 rings (SSSR count). The molecule has 0 aromatic carbocycles. The van der Waals surface area contributed by atoms with Crippen LogP contribution >= 0.6 is 11.3 Å². The average Bonchev–Trinajstić information content (AvgIpc) is 3.05. The largest absolute Gasteiger partial charge is 0.425 e. The fourth-order valence-electron chi connectivity index (χ4n) is 3.38. The first-order valence-corrected chi connectivity index (χ1v) is 8.57. The van der Waals surface area contributed by atoms with E-state index < -0.39 is 22.6 Å². The summed E-state index contributed by atoms with van der Waals surface area (Å²) in [5.41, 5.74) is -0.237. The lowest BCUT2D eigenvalue weighted by atomic mass is 9.79. The van der Waals surface area contributed by atoms with Crippen LogP contribution in [0.2, 0.25) is 0 Å². The van der Waals surface area contributed by atoms with Crippen molar-refractivity contribution in [3.63, 3.8) is 0 Å². The van der Waals surface area contributed by atoms with E-state index in [0.29, 0.717) is 49.4 Å². The van der Waals surface area contributed by atoms with Crippen LogP contribution < -0.4 is 10.6 Å². The first kappa shape index (κ1) is 17.2. The molecule has 0 saturated carbocycles. The van der Waals surface area contributed by atoms with Crippen LogP contribution in [0.4, 0.5) is 18.0 Å². The summed E-state index contributed by atoms with van der Waals surface area (Å²) < 4.78 is 37.9. The van der Waals surface area contributed by atoms with Crippen molar-refractivity contribution in [1.82, 2.24) is 15.5 Å². The highest BCUT2D eigenvalue weighted by Crippen LogP contribution is 2.35. The highest BCUT2D eigenvalue weighted by Gasteiger charge is 2.48. The molecule has 0 bridgehead atoms. The normalized spacial score (nSPS) is 26.5. The third kappa shape index (κ3) is 3.27. The molecule has 24 heavy (non-hydrogen) atoms. The summed E-state index contributed by atoms with van der Waals surface area (Å²) in [4.78, 5) is 24.8. The van der Waals surface area contributed by atoms with Crippen LogP contribution in [0.15, 0.2) is 11.4 Å². The van der Waals surface area contributed by atoms with Gasteiger partial charge in [0, 0.05) is 6.54 Å². The van der Waals surface area contributed by atoms with E-state index in [1.807, 2.05) is 0 Å². The third-order valence-corrected chi connectivity index (χ3v) is 5.84. The molecule has 3 heterocycles. The van der Waals surface area contributed by atoms with Gasteiger partial charge >= 0.3 is 12.2 Å². The molecular weight excluding hydrogens is 343 g/mol. The van der Waals surface area contributed by atoms with E-state index in [9.17, 15) is 22.8 Å². The Balaban J connectivity index is 1.57. The van der Waals surface area contributed by atoms with Crippen molar-refractivity contribution in [3.05, 3.63) is 21.9 Å². The molecule has 2 aliphatic heterocycles. The van der Waals surface area contributed by atoms with E-state index in [1.165, 1.54) is 6.07 Å². The topological polar surface area (TPSA) is 61.4 Å². The standard InChI is InChI=1S/C15H18F3N3O2S/c1-14(12(22)19-13(23)20-14)10-2-4-21(5-3-10)7-9-6-11(24-8-9)15(16,17)18/h6,8,10H,2-5,7H2,1H3,(H2,19,20,22,23). The lowest BCUT2D eigenvalue weighted by molar-refractivity contribution is -0.134. The summed E-state index contributed by atoms with van der Waals surface area (Å²) in [6.07, 6.45) is -2.88. The molecule has 2 saturated heterocycles. The lowest BCUT2D eigenvalue weighted by Gasteiger charge is -2.38. The zero-order chi connectivity index (χ0) is 17.5. The Morgan fingerprint density at radius 2 is 2.00 bits per heavy atom. The number of amides is 3. The van der Waals surface area contributed by atoms with Crippen molar-refractivity contribution in [1.29, 1.82) is 0 Å². The molecule has 2 fully saturated rings. The quantitative estimate of drug-likeness (QED) is 0.814. The zero-order valence-corrected chi connectivity index (χ0v) is 13.9. The molecule has 5 nitrogen and oxygen atoms in total. The van der Waals surface area contributed by atoms with Crippen LogP contribution in [0.1, 0.15) is 30.2 Å². The van der Waals surface area contributed by atoms with E-state index in [1.54, 1.807) is 12.3 Å². The van der Waals surface area contributed by atoms with Crippen molar-refractivity contribution >= 4 is 23.3 Å². The second-order valence-corrected chi connectivity index (χ2v) is 7.39. The Morgan fingerprint density at radius 3 is 2.50 bits per heavy atom. The minimum absolute atomic E-state index is 0.0217. The fraction of sp³-hybridized carbons (Fsp3) is 0.600. The number of nitrogens with one attached hydrogen (secondary N) is 2. The Labute approximate surface area is 141 Å². The van der Waals surface area contributed by atoms with E-state index >= 15 is 0 Å². The maximum Gasteiger partial charge on any atom is 0.425 e. The van der Waals surface area contributed by atoms with Gasteiger partial charge in [0.05, 0.1) is 0 Å². The lowest BCUT2D eigenvalue weighted by Crippen LogP contribution is -2.53. The van der Waals surface area contributed by atoms with Gasteiger partial charge in [-0.3, -0.25) is 15.0 Å². The smallest absolute Gasteiger partial charge is 0.323 e. The average molecular weight is 361 g/mol. The van der Waals surface area contributed by atoms with Crippen molar-refractivity contribution in [2.45, 2.75) is 38.0 Å². The maximum absolute atomic E-state index is 12.6. The molecule has 1 aromatic rings. The van der Waals surface area contributed by atoms with Gasteiger partial charge in [-0.1, -0.05) is 0 Å². The molecule has 1 atom stereocenters. The Bertz CT molecular complexity index is 653. The van der Waals surface area contributed by atoms with Gasteiger partial charge in [0.15, 0.2) is 0 Å². The number of halogens is 3. The predicted molar refractivity (Wildman–Crippen MR) is 82.4 cm³/mol. The first-order chi connectivity index (χ1) is 11.2. The van der Waals surface area contributed by atoms with E-state index in [-0.39, 0.29) is 11.8 Å². The van der Waals surface area contributed by atoms with Gasteiger partial charge in [-0.2, -0.15) is 13.2 Å². The molecular formula is C15H18F3N3O2S. The van der Waals surface area contributed by atoms with Gasteiger partial charge in [0.1, 0.15) is 10.4 Å². The highest BCUT2D eigenvalue weighted by molar-refractivity contribution is 7.10. The Kier molecular flexibility index (Phi) is 4.33. The molecule has 1 aromatic heterocycles. The number of carbonyl (C=O) groups excluding carboxylic acids is 2. The van der Waals surface area contributed by atoms with Crippen molar-refractivity contribution in [3.8, 4) is 0 Å². The SMILES string of the molecule is CC1(C2CCN(Cc3csc(C(F)(F)F)c3)CC2)NC(=O)NC1=O. The fourth-order valence-corrected chi connectivity index (χ4v) is 4.15. The number of thiophene rings is 1. The minimum Gasteiger partial charge on any atom is -0.323 e. The number of rotatable bonds is 3. The molecule has 1 unspecified atom stereocenters. The van der Waals surface area contributed by atoms with Crippen molar-refractivity contribution < 1.29 is 22.8 Å². The first-order valence-electron chi connectivity index (χ1n) is 7.69. The maximum atomic E-state index is 12.6. The van der Waals surface area contributed by atoms with Crippen LogP contribution in [-0.4, -0.2) is 35.5 Å². The summed E-state index contributed by atoms with van der Waals surface area (Å²) in [6.45, 7) is 3.55. The number of piperidine rings is 1. The third-order valence-electron chi connectivity index (χ3n) is 4.82. The number of hydrogen-bond donors (Lipinski definition) is 2. The molecule has 3 amide bonds. The van der Waals surface area contributed by atoms with Crippen LogP contribution in [0.25, 0.3) is 0 Å². The summed E-state index contributed by atoms with van der Waals surface area (Å²) >= 11 is 0.714. The summed E-state index contributed by atoms with van der Waals surface area (Å²) in [7, 11) is 0. The van der Waals surface area contributed by atoms with Crippen molar-refractivity contribution in [2.24, 2.45) is 5.92 Å². The van der Waals surface area contributed by atoms with Gasteiger partial charge in [-0.05, 0) is 55.8 Å². The Hall–Kier alpha value is -1.61. The van der Waals surface area contributed by atoms with Gasteiger partial charge in [-0.25, -0.2) is 4.79 Å². The van der Waals surface area contributed by atoms with Crippen LogP contribution in [0.3, 0.4) is 0 Å². The number of urea groups is 1. The van der Waals surface area contributed by atoms with Gasteiger partial charge in [0.25, 0.3) is 5.91 Å². The second kappa shape index (κ2) is 6.03. The van der Waals surface area contributed by atoms with E-state index in [2.05, 4.69) is 15.5 Å². The number of hydrogen-bond acceptors (Lipinski definition) is 4. The molecule has 2 aliphatic rings. The molecule has 2 N–H and O–H groups in total. The zero-order valence-electron chi connectivity index (χ0n) is 13.1. The molecule has 0 spiro atoms. The molecule has 9 heteroatoms. The number of nitrogens with zero attached hydrogens (tertiary/aromatic N) is 1. The molecule has 0 radical (unpaired) electrons.